The molecule has 1 fully saturated rings. The Bertz CT molecular complexity index is 426. The first-order valence-electron chi connectivity index (χ1n) is 7.44. The molecule has 2 rings (SSSR count). The van der Waals surface area contributed by atoms with E-state index in [0.717, 1.165) is 25.4 Å². The lowest BCUT2D eigenvalue weighted by Gasteiger charge is -2.37. The molecule has 1 saturated heterocycles. The van der Waals surface area contributed by atoms with E-state index in [9.17, 15) is 0 Å². The molecule has 4 nitrogen and oxygen atoms in total. The quantitative estimate of drug-likeness (QED) is 0.897. The fourth-order valence-electron chi connectivity index (χ4n) is 2.78. The SMILES string of the molecule is CCOc1cc(CNC)ccc1N1CC(C)OC(C)C1. The summed E-state index contributed by atoms with van der Waals surface area (Å²) in [6.07, 6.45) is 0.510. The molecule has 1 heterocycles. The Morgan fingerprint density at radius 3 is 2.60 bits per heavy atom. The van der Waals surface area contributed by atoms with Gasteiger partial charge < -0.3 is 19.7 Å². The molecular weight excluding hydrogens is 252 g/mol. The van der Waals surface area contributed by atoms with Crippen molar-refractivity contribution < 1.29 is 9.47 Å². The van der Waals surface area contributed by atoms with Gasteiger partial charge in [-0.2, -0.15) is 0 Å². The van der Waals surface area contributed by atoms with Crippen molar-refractivity contribution in [1.82, 2.24) is 5.32 Å². The lowest BCUT2D eigenvalue weighted by molar-refractivity contribution is -0.00534. The zero-order chi connectivity index (χ0) is 14.5. The third-order valence-electron chi connectivity index (χ3n) is 3.47. The van der Waals surface area contributed by atoms with Crippen LogP contribution in [-0.2, 0) is 11.3 Å². The van der Waals surface area contributed by atoms with E-state index in [1.807, 2.05) is 14.0 Å². The smallest absolute Gasteiger partial charge is 0.142 e. The first-order chi connectivity index (χ1) is 9.63. The van der Waals surface area contributed by atoms with Crippen LogP contribution < -0.4 is 15.0 Å². The van der Waals surface area contributed by atoms with E-state index in [2.05, 4.69) is 42.3 Å². The van der Waals surface area contributed by atoms with Crippen molar-refractivity contribution >= 4 is 5.69 Å². The van der Waals surface area contributed by atoms with E-state index in [1.165, 1.54) is 11.3 Å². The van der Waals surface area contributed by atoms with Gasteiger partial charge in [-0.05, 0) is 45.5 Å². The fourth-order valence-corrected chi connectivity index (χ4v) is 2.78. The first kappa shape index (κ1) is 15.1. The predicted octanol–water partition coefficient (Wildman–Crippen LogP) is 2.42. The average Bonchev–Trinajstić information content (AvgIpc) is 2.38. The van der Waals surface area contributed by atoms with E-state index < -0.39 is 0 Å². The van der Waals surface area contributed by atoms with Gasteiger partial charge >= 0.3 is 0 Å². The lowest BCUT2D eigenvalue weighted by Crippen LogP contribution is -2.45. The van der Waals surface area contributed by atoms with E-state index in [1.54, 1.807) is 0 Å². The highest BCUT2D eigenvalue weighted by Crippen LogP contribution is 2.31. The summed E-state index contributed by atoms with van der Waals surface area (Å²) >= 11 is 0. The summed E-state index contributed by atoms with van der Waals surface area (Å²) in [5.41, 5.74) is 2.42. The molecule has 4 heteroatoms. The van der Waals surface area contributed by atoms with Gasteiger partial charge in [0.15, 0.2) is 0 Å². The van der Waals surface area contributed by atoms with Crippen molar-refractivity contribution in [2.45, 2.75) is 39.5 Å². The van der Waals surface area contributed by atoms with Crippen LogP contribution in [0.2, 0.25) is 0 Å². The third-order valence-corrected chi connectivity index (χ3v) is 3.47. The molecule has 0 amide bonds. The number of hydrogen-bond acceptors (Lipinski definition) is 4. The van der Waals surface area contributed by atoms with Gasteiger partial charge in [0.2, 0.25) is 0 Å². The first-order valence-corrected chi connectivity index (χ1v) is 7.44. The fraction of sp³-hybridized carbons (Fsp3) is 0.625. The largest absolute Gasteiger partial charge is 0.492 e. The summed E-state index contributed by atoms with van der Waals surface area (Å²) in [5.74, 6) is 0.974. The minimum absolute atomic E-state index is 0.255. The second-order valence-electron chi connectivity index (χ2n) is 5.43. The van der Waals surface area contributed by atoms with Gasteiger partial charge in [-0.1, -0.05) is 6.07 Å². The number of ether oxygens (including phenoxy) is 2. The van der Waals surface area contributed by atoms with Crippen LogP contribution in [0.1, 0.15) is 26.3 Å². The highest BCUT2D eigenvalue weighted by Gasteiger charge is 2.24. The Hall–Kier alpha value is -1.26. The second kappa shape index (κ2) is 6.95. The maximum atomic E-state index is 5.84. The molecule has 1 aromatic rings. The summed E-state index contributed by atoms with van der Waals surface area (Å²) in [6.45, 7) is 9.64. The lowest BCUT2D eigenvalue weighted by atomic mass is 10.1. The van der Waals surface area contributed by atoms with Crippen molar-refractivity contribution in [3.63, 3.8) is 0 Å². The standard InChI is InChI=1S/C16H26N2O2/c1-5-19-16-8-14(9-17-4)6-7-15(16)18-10-12(2)20-13(3)11-18/h6-8,12-13,17H,5,9-11H2,1-4H3. The Morgan fingerprint density at radius 1 is 1.30 bits per heavy atom. The van der Waals surface area contributed by atoms with Crippen LogP contribution in [0.5, 0.6) is 5.75 Å². The van der Waals surface area contributed by atoms with E-state index >= 15 is 0 Å². The number of benzene rings is 1. The summed E-state index contributed by atoms with van der Waals surface area (Å²) < 4.78 is 11.6. The molecule has 0 saturated carbocycles. The van der Waals surface area contributed by atoms with Crippen molar-refractivity contribution in [3.8, 4) is 5.75 Å². The van der Waals surface area contributed by atoms with Crippen LogP contribution in [0.3, 0.4) is 0 Å². The third kappa shape index (κ3) is 3.64. The van der Waals surface area contributed by atoms with Crippen LogP contribution in [-0.4, -0.2) is 39.0 Å². The number of morpholine rings is 1. The maximum Gasteiger partial charge on any atom is 0.142 e. The van der Waals surface area contributed by atoms with Crippen LogP contribution in [0, 0.1) is 0 Å². The molecule has 0 bridgehead atoms. The Balaban J connectivity index is 2.24. The molecule has 112 valence electrons. The topological polar surface area (TPSA) is 33.7 Å². The second-order valence-corrected chi connectivity index (χ2v) is 5.43. The molecule has 1 aromatic carbocycles. The summed E-state index contributed by atoms with van der Waals surface area (Å²) in [5, 5.41) is 3.18. The number of rotatable bonds is 5. The van der Waals surface area contributed by atoms with Gasteiger partial charge in [0.1, 0.15) is 5.75 Å². The minimum Gasteiger partial charge on any atom is -0.492 e. The molecule has 0 aliphatic carbocycles. The van der Waals surface area contributed by atoms with Crippen molar-refractivity contribution in [1.29, 1.82) is 0 Å². The van der Waals surface area contributed by atoms with Crippen LogP contribution in [0.25, 0.3) is 0 Å². The van der Waals surface area contributed by atoms with Crippen LogP contribution in [0.4, 0.5) is 5.69 Å². The molecule has 0 spiro atoms. The Labute approximate surface area is 122 Å². The monoisotopic (exact) mass is 278 g/mol. The minimum atomic E-state index is 0.255. The highest BCUT2D eigenvalue weighted by atomic mass is 16.5. The zero-order valence-corrected chi connectivity index (χ0v) is 13.0. The van der Waals surface area contributed by atoms with Gasteiger partial charge in [0.05, 0.1) is 24.5 Å². The van der Waals surface area contributed by atoms with Crippen molar-refractivity contribution in [3.05, 3.63) is 23.8 Å². The highest BCUT2D eigenvalue weighted by molar-refractivity contribution is 5.60. The maximum absolute atomic E-state index is 5.84. The number of anilines is 1. The van der Waals surface area contributed by atoms with Gasteiger partial charge in [0.25, 0.3) is 0 Å². The van der Waals surface area contributed by atoms with E-state index in [4.69, 9.17) is 9.47 Å². The number of hydrogen-bond donors (Lipinski definition) is 1. The summed E-state index contributed by atoms with van der Waals surface area (Å²) in [7, 11) is 1.96. The Kier molecular flexibility index (Phi) is 5.26. The van der Waals surface area contributed by atoms with E-state index in [-0.39, 0.29) is 12.2 Å². The number of nitrogens with one attached hydrogen (secondary N) is 1. The Morgan fingerprint density at radius 2 is 2.00 bits per heavy atom. The van der Waals surface area contributed by atoms with E-state index in [0.29, 0.717) is 6.61 Å². The van der Waals surface area contributed by atoms with Crippen LogP contribution >= 0.6 is 0 Å². The normalized spacial score (nSPS) is 22.9. The molecule has 2 atom stereocenters. The summed E-state index contributed by atoms with van der Waals surface area (Å²) in [4.78, 5) is 2.37. The molecule has 1 aliphatic rings. The molecule has 20 heavy (non-hydrogen) atoms. The molecule has 0 radical (unpaired) electrons. The van der Waals surface area contributed by atoms with Crippen LogP contribution in [0.15, 0.2) is 18.2 Å². The number of nitrogens with zero attached hydrogens (tertiary/aromatic N) is 1. The molecule has 1 N–H and O–H groups in total. The zero-order valence-electron chi connectivity index (χ0n) is 13.0. The predicted molar refractivity (Wildman–Crippen MR) is 82.6 cm³/mol. The van der Waals surface area contributed by atoms with Gasteiger partial charge in [0, 0.05) is 19.6 Å². The molecule has 1 aliphatic heterocycles. The van der Waals surface area contributed by atoms with Gasteiger partial charge in [-0.3, -0.25) is 0 Å². The van der Waals surface area contributed by atoms with Gasteiger partial charge in [-0.25, -0.2) is 0 Å². The van der Waals surface area contributed by atoms with Gasteiger partial charge in [-0.15, -0.1) is 0 Å². The summed E-state index contributed by atoms with van der Waals surface area (Å²) in [6, 6.07) is 6.47. The molecular formula is C16H26N2O2. The molecule has 0 aromatic heterocycles. The average molecular weight is 278 g/mol. The molecule has 2 unspecified atom stereocenters. The van der Waals surface area contributed by atoms with Crippen molar-refractivity contribution in [2.24, 2.45) is 0 Å². The van der Waals surface area contributed by atoms with Crippen molar-refractivity contribution in [2.75, 3.05) is 31.6 Å².